The highest BCUT2D eigenvalue weighted by molar-refractivity contribution is 7.15. The van der Waals surface area contributed by atoms with Crippen LogP contribution in [-0.4, -0.2) is 23.2 Å². The van der Waals surface area contributed by atoms with Crippen molar-refractivity contribution in [2.75, 3.05) is 5.32 Å². The second-order valence-corrected chi connectivity index (χ2v) is 5.37. The molecule has 2 fully saturated rings. The first-order valence-corrected chi connectivity index (χ1v) is 5.97. The third-order valence-electron chi connectivity index (χ3n) is 3.04. The minimum absolute atomic E-state index is 0.434. The van der Waals surface area contributed by atoms with Crippen LogP contribution in [0.15, 0.2) is 6.20 Å². The van der Waals surface area contributed by atoms with Gasteiger partial charge in [0.15, 0.2) is 5.13 Å². The van der Waals surface area contributed by atoms with Gasteiger partial charge in [0.1, 0.15) is 0 Å². The summed E-state index contributed by atoms with van der Waals surface area (Å²) in [5.74, 6) is 0. The van der Waals surface area contributed by atoms with Crippen molar-refractivity contribution < 1.29 is 4.74 Å². The highest BCUT2D eigenvalue weighted by atomic mass is 32.1. The minimum Gasteiger partial charge on any atom is -0.373 e. The molecular weight excluding hydrogens is 196 g/mol. The number of anilines is 1. The van der Waals surface area contributed by atoms with Crippen LogP contribution in [0.4, 0.5) is 5.13 Å². The summed E-state index contributed by atoms with van der Waals surface area (Å²) in [7, 11) is 0. The molecule has 2 aliphatic rings. The summed E-state index contributed by atoms with van der Waals surface area (Å²) >= 11 is 1.72. The van der Waals surface area contributed by atoms with Crippen molar-refractivity contribution in [3.63, 3.8) is 0 Å². The lowest BCUT2D eigenvalue weighted by atomic mass is 9.96. The first-order chi connectivity index (χ1) is 6.81. The molecule has 0 saturated carbocycles. The summed E-state index contributed by atoms with van der Waals surface area (Å²) in [6.07, 6.45) is 6.49. The molecule has 3 atom stereocenters. The lowest BCUT2D eigenvalue weighted by Gasteiger charge is -2.19. The van der Waals surface area contributed by atoms with Gasteiger partial charge in [-0.1, -0.05) is 0 Å². The van der Waals surface area contributed by atoms with Gasteiger partial charge in [0.05, 0.1) is 18.2 Å². The van der Waals surface area contributed by atoms with E-state index in [4.69, 9.17) is 4.74 Å². The van der Waals surface area contributed by atoms with Gasteiger partial charge in [0.25, 0.3) is 0 Å². The fourth-order valence-electron chi connectivity index (χ4n) is 2.37. The summed E-state index contributed by atoms with van der Waals surface area (Å²) in [5, 5.41) is 4.52. The molecule has 0 aliphatic carbocycles. The fraction of sp³-hybridized carbons (Fsp3) is 0.700. The molecule has 2 unspecified atom stereocenters. The van der Waals surface area contributed by atoms with E-state index in [1.807, 2.05) is 6.20 Å². The summed E-state index contributed by atoms with van der Waals surface area (Å²) in [4.78, 5) is 5.58. The fourth-order valence-corrected chi connectivity index (χ4v) is 3.10. The van der Waals surface area contributed by atoms with Gasteiger partial charge >= 0.3 is 0 Å². The lowest BCUT2D eigenvalue weighted by Crippen LogP contribution is -2.30. The molecule has 4 heteroatoms. The summed E-state index contributed by atoms with van der Waals surface area (Å²) in [5.41, 5.74) is 0. The SMILES string of the molecule is Cc1cnc(N[C@H]2CC3CCC2O3)s1. The van der Waals surface area contributed by atoms with Gasteiger partial charge in [0.2, 0.25) is 0 Å². The molecule has 0 amide bonds. The van der Waals surface area contributed by atoms with Crippen molar-refractivity contribution in [3.05, 3.63) is 11.1 Å². The van der Waals surface area contributed by atoms with Crippen LogP contribution in [-0.2, 0) is 4.74 Å². The van der Waals surface area contributed by atoms with Crippen LogP contribution in [0.1, 0.15) is 24.1 Å². The molecule has 3 rings (SSSR count). The van der Waals surface area contributed by atoms with Gasteiger partial charge < -0.3 is 10.1 Å². The number of hydrogen-bond acceptors (Lipinski definition) is 4. The van der Waals surface area contributed by atoms with Crippen molar-refractivity contribution in [2.45, 2.75) is 44.4 Å². The van der Waals surface area contributed by atoms with E-state index in [0.717, 1.165) is 11.6 Å². The molecule has 3 heterocycles. The van der Waals surface area contributed by atoms with E-state index in [1.165, 1.54) is 17.7 Å². The topological polar surface area (TPSA) is 34.2 Å². The quantitative estimate of drug-likeness (QED) is 0.812. The number of rotatable bonds is 2. The standard InChI is InChI=1S/C10H14N2OS/c1-6-5-11-10(14-6)12-8-4-7-2-3-9(8)13-7/h5,7-9H,2-4H2,1H3,(H,11,12)/t7?,8-,9?/m0/s1. The Bertz CT molecular complexity index is 339. The molecule has 2 aliphatic heterocycles. The second-order valence-electron chi connectivity index (χ2n) is 4.14. The van der Waals surface area contributed by atoms with Crippen molar-refractivity contribution in [1.29, 1.82) is 0 Å². The van der Waals surface area contributed by atoms with E-state index in [-0.39, 0.29) is 0 Å². The Labute approximate surface area is 87.5 Å². The maximum Gasteiger partial charge on any atom is 0.183 e. The molecule has 1 aromatic rings. The maximum absolute atomic E-state index is 5.78. The highest BCUT2D eigenvalue weighted by Gasteiger charge is 2.40. The molecule has 2 saturated heterocycles. The Hall–Kier alpha value is -0.610. The predicted molar refractivity (Wildman–Crippen MR) is 56.8 cm³/mol. The minimum atomic E-state index is 0.434. The average Bonchev–Trinajstić information content (AvgIpc) is 2.82. The van der Waals surface area contributed by atoms with E-state index in [0.29, 0.717) is 18.2 Å². The molecule has 0 aromatic carbocycles. The Morgan fingerprint density at radius 1 is 1.57 bits per heavy atom. The monoisotopic (exact) mass is 210 g/mol. The summed E-state index contributed by atoms with van der Waals surface area (Å²) in [6, 6.07) is 0.499. The van der Waals surface area contributed by atoms with Crippen LogP contribution in [0.2, 0.25) is 0 Å². The molecule has 76 valence electrons. The molecular formula is C10H14N2OS. The Morgan fingerprint density at radius 3 is 3.07 bits per heavy atom. The highest BCUT2D eigenvalue weighted by Crippen LogP contribution is 2.36. The molecule has 0 spiro atoms. The number of fused-ring (bicyclic) bond motifs is 2. The summed E-state index contributed by atoms with van der Waals surface area (Å²) < 4.78 is 5.78. The Balaban J connectivity index is 1.68. The zero-order valence-electron chi connectivity index (χ0n) is 8.19. The van der Waals surface area contributed by atoms with E-state index in [1.54, 1.807) is 11.3 Å². The zero-order chi connectivity index (χ0) is 9.54. The van der Waals surface area contributed by atoms with Gasteiger partial charge in [0, 0.05) is 11.1 Å². The number of aromatic nitrogens is 1. The van der Waals surface area contributed by atoms with Crippen LogP contribution in [0.3, 0.4) is 0 Å². The van der Waals surface area contributed by atoms with Crippen LogP contribution in [0, 0.1) is 6.92 Å². The van der Waals surface area contributed by atoms with Crippen LogP contribution < -0.4 is 5.32 Å². The van der Waals surface area contributed by atoms with Gasteiger partial charge in [-0.15, -0.1) is 11.3 Å². The smallest absolute Gasteiger partial charge is 0.183 e. The Morgan fingerprint density at radius 2 is 2.50 bits per heavy atom. The molecule has 0 radical (unpaired) electrons. The second kappa shape index (κ2) is 3.21. The number of aryl methyl sites for hydroxylation is 1. The number of hydrogen-bond donors (Lipinski definition) is 1. The first kappa shape index (κ1) is 8.68. The predicted octanol–water partition coefficient (Wildman–Crippen LogP) is 2.18. The number of nitrogens with zero attached hydrogens (tertiary/aromatic N) is 1. The first-order valence-electron chi connectivity index (χ1n) is 5.16. The van der Waals surface area contributed by atoms with Gasteiger partial charge in [-0.2, -0.15) is 0 Å². The van der Waals surface area contributed by atoms with Crippen LogP contribution in [0.5, 0.6) is 0 Å². The van der Waals surface area contributed by atoms with Crippen LogP contribution in [0.25, 0.3) is 0 Å². The molecule has 1 N–H and O–H groups in total. The van der Waals surface area contributed by atoms with Gasteiger partial charge in [-0.3, -0.25) is 0 Å². The number of ether oxygens (including phenoxy) is 1. The van der Waals surface area contributed by atoms with Crippen LogP contribution >= 0.6 is 11.3 Å². The van der Waals surface area contributed by atoms with E-state index < -0.39 is 0 Å². The molecule has 2 bridgehead atoms. The van der Waals surface area contributed by atoms with E-state index in [2.05, 4.69) is 17.2 Å². The zero-order valence-corrected chi connectivity index (χ0v) is 9.01. The van der Waals surface area contributed by atoms with E-state index >= 15 is 0 Å². The van der Waals surface area contributed by atoms with Crippen molar-refractivity contribution in [2.24, 2.45) is 0 Å². The molecule has 1 aromatic heterocycles. The van der Waals surface area contributed by atoms with E-state index in [9.17, 15) is 0 Å². The Kier molecular flexibility index (Phi) is 1.99. The van der Waals surface area contributed by atoms with Gasteiger partial charge in [-0.05, 0) is 26.2 Å². The molecule has 3 nitrogen and oxygen atoms in total. The third kappa shape index (κ3) is 1.42. The van der Waals surface area contributed by atoms with Crippen molar-refractivity contribution in [1.82, 2.24) is 4.98 Å². The molecule has 14 heavy (non-hydrogen) atoms. The van der Waals surface area contributed by atoms with Gasteiger partial charge in [-0.25, -0.2) is 4.98 Å². The largest absolute Gasteiger partial charge is 0.373 e. The average molecular weight is 210 g/mol. The van der Waals surface area contributed by atoms with Crippen molar-refractivity contribution in [3.8, 4) is 0 Å². The number of thiazole rings is 1. The normalized spacial score (nSPS) is 35.1. The number of nitrogens with one attached hydrogen (secondary N) is 1. The third-order valence-corrected chi connectivity index (χ3v) is 3.88. The lowest BCUT2D eigenvalue weighted by molar-refractivity contribution is 0.102. The van der Waals surface area contributed by atoms with Crippen molar-refractivity contribution >= 4 is 16.5 Å². The maximum atomic E-state index is 5.78. The summed E-state index contributed by atoms with van der Waals surface area (Å²) in [6.45, 7) is 2.08.